The fourth-order valence-corrected chi connectivity index (χ4v) is 2.37. The van der Waals surface area contributed by atoms with E-state index in [1.54, 1.807) is 14.0 Å². The molecule has 2 rings (SSSR count). The Morgan fingerprint density at radius 1 is 1.43 bits per heavy atom. The molecule has 1 aromatic carbocycles. The van der Waals surface area contributed by atoms with Gasteiger partial charge in [0.2, 0.25) is 5.91 Å². The van der Waals surface area contributed by atoms with Gasteiger partial charge in [0, 0.05) is 19.9 Å². The van der Waals surface area contributed by atoms with Crippen LogP contribution in [0, 0.1) is 0 Å². The Balaban J connectivity index is 1.94. The van der Waals surface area contributed by atoms with E-state index >= 15 is 0 Å². The molecular weight excluding hydrogens is 268 g/mol. The number of rotatable bonds is 6. The van der Waals surface area contributed by atoms with Crippen LogP contribution in [-0.4, -0.2) is 42.8 Å². The molecule has 114 valence electrons. The minimum absolute atomic E-state index is 0.0578. The van der Waals surface area contributed by atoms with Gasteiger partial charge in [-0.1, -0.05) is 12.1 Å². The third-order valence-electron chi connectivity index (χ3n) is 3.52. The van der Waals surface area contributed by atoms with Crippen LogP contribution in [0.2, 0.25) is 0 Å². The van der Waals surface area contributed by atoms with Gasteiger partial charge in [-0.25, -0.2) is 0 Å². The van der Waals surface area contributed by atoms with Gasteiger partial charge >= 0.3 is 0 Å². The zero-order chi connectivity index (χ0) is 15.2. The maximum atomic E-state index is 11.6. The minimum atomic E-state index is -0.0578. The molecule has 5 nitrogen and oxygen atoms in total. The normalized spacial score (nSPS) is 17.1. The van der Waals surface area contributed by atoms with Crippen LogP contribution in [0.1, 0.15) is 32.3 Å². The average molecular weight is 290 g/mol. The summed E-state index contributed by atoms with van der Waals surface area (Å²) < 4.78 is 5.14. The van der Waals surface area contributed by atoms with Crippen molar-refractivity contribution in [3.05, 3.63) is 29.8 Å². The van der Waals surface area contributed by atoms with Crippen molar-refractivity contribution in [1.29, 1.82) is 0 Å². The maximum Gasteiger partial charge on any atom is 0.219 e. The smallest absolute Gasteiger partial charge is 0.219 e. The van der Waals surface area contributed by atoms with Crippen molar-refractivity contribution in [3.8, 4) is 5.75 Å². The predicted molar refractivity (Wildman–Crippen MR) is 81.6 cm³/mol. The van der Waals surface area contributed by atoms with E-state index in [0.717, 1.165) is 36.4 Å². The van der Waals surface area contributed by atoms with E-state index in [2.05, 4.69) is 12.1 Å². The monoisotopic (exact) mass is 290 g/mol. The number of carbonyl (C=O) groups is 1. The van der Waals surface area contributed by atoms with Crippen LogP contribution in [0.25, 0.3) is 0 Å². The fraction of sp³-hybridized carbons (Fsp3) is 0.500. The SMILES string of the molecule is CCCN(CC1CC(c2ccc(OC)cc2)=NO1)C(C)=O. The Hall–Kier alpha value is -2.04. The number of hydrogen-bond acceptors (Lipinski definition) is 4. The van der Waals surface area contributed by atoms with Crippen molar-refractivity contribution >= 4 is 11.6 Å². The molecule has 21 heavy (non-hydrogen) atoms. The average Bonchev–Trinajstić information content (AvgIpc) is 2.95. The van der Waals surface area contributed by atoms with E-state index in [1.807, 2.05) is 29.2 Å². The number of carbonyl (C=O) groups excluding carboxylic acids is 1. The van der Waals surface area contributed by atoms with Gasteiger partial charge < -0.3 is 14.5 Å². The first-order valence-electron chi connectivity index (χ1n) is 7.26. The number of hydrogen-bond donors (Lipinski definition) is 0. The molecule has 0 aliphatic carbocycles. The second kappa shape index (κ2) is 7.11. The second-order valence-electron chi connectivity index (χ2n) is 5.16. The van der Waals surface area contributed by atoms with E-state index in [9.17, 15) is 4.79 Å². The fourth-order valence-electron chi connectivity index (χ4n) is 2.37. The van der Waals surface area contributed by atoms with E-state index < -0.39 is 0 Å². The first-order valence-corrected chi connectivity index (χ1v) is 7.26. The molecule has 1 aromatic rings. The molecule has 0 saturated heterocycles. The molecule has 5 heteroatoms. The number of oxime groups is 1. The molecule has 1 aliphatic rings. The summed E-state index contributed by atoms with van der Waals surface area (Å²) in [7, 11) is 1.64. The Morgan fingerprint density at radius 3 is 2.71 bits per heavy atom. The summed E-state index contributed by atoms with van der Waals surface area (Å²) in [5.74, 6) is 0.902. The minimum Gasteiger partial charge on any atom is -0.497 e. The molecule has 1 atom stereocenters. The Bertz CT molecular complexity index is 511. The molecule has 0 N–H and O–H groups in total. The Morgan fingerprint density at radius 2 is 2.14 bits per heavy atom. The van der Waals surface area contributed by atoms with E-state index in [0.29, 0.717) is 6.54 Å². The van der Waals surface area contributed by atoms with Gasteiger partial charge in [-0.3, -0.25) is 4.79 Å². The highest BCUT2D eigenvalue weighted by molar-refractivity contribution is 6.01. The molecule has 1 heterocycles. The van der Waals surface area contributed by atoms with Gasteiger partial charge in [0.1, 0.15) is 5.75 Å². The van der Waals surface area contributed by atoms with Gasteiger partial charge in [-0.2, -0.15) is 0 Å². The number of ether oxygens (including phenoxy) is 1. The molecule has 0 aromatic heterocycles. The van der Waals surface area contributed by atoms with Crippen molar-refractivity contribution in [3.63, 3.8) is 0 Å². The van der Waals surface area contributed by atoms with Crippen molar-refractivity contribution in [2.45, 2.75) is 32.8 Å². The molecule has 0 bridgehead atoms. The highest BCUT2D eigenvalue weighted by Gasteiger charge is 2.25. The summed E-state index contributed by atoms with van der Waals surface area (Å²) in [5, 5.41) is 4.15. The number of benzene rings is 1. The molecule has 1 aliphatic heterocycles. The van der Waals surface area contributed by atoms with Crippen LogP contribution in [0.5, 0.6) is 5.75 Å². The zero-order valence-electron chi connectivity index (χ0n) is 12.8. The highest BCUT2D eigenvalue weighted by Crippen LogP contribution is 2.20. The summed E-state index contributed by atoms with van der Waals surface area (Å²) in [6, 6.07) is 7.75. The summed E-state index contributed by atoms with van der Waals surface area (Å²) in [4.78, 5) is 18.8. The lowest BCUT2D eigenvalue weighted by Crippen LogP contribution is -2.36. The van der Waals surface area contributed by atoms with Crippen molar-refractivity contribution in [1.82, 2.24) is 4.90 Å². The summed E-state index contributed by atoms with van der Waals surface area (Å²) in [6.07, 6.45) is 1.61. The third kappa shape index (κ3) is 3.97. The molecule has 0 saturated carbocycles. The Labute approximate surface area is 125 Å². The van der Waals surface area contributed by atoms with Gasteiger partial charge in [0.15, 0.2) is 6.10 Å². The highest BCUT2D eigenvalue weighted by atomic mass is 16.6. The molecule has 1 unspecified atom stereocenters. The first kappa shape index (κ1) is 15.4. The van der Waals surface area contributed by atoms with Crippen molar-refractivity contribution < 1.29 is 14.4 Å². The van der Waals surface area contributed by atoms with E-state index in [-0.39, 0.29) is 12.0 Å². The third-order valence-corrected chi connectivity index (χ3v) is 3.52. The quantitative estimate of drug-likeness (QED) is 0.808. The van der Waals surface area contributed by atoms with Crippen molar-refractivity contribution in [2.24, 2.45) is 5.16 Å². The van der Waals surface area contributed by atoms with Gasteiger partial charge in [0.05, 0.1) is 19.4 Å². The van der Waals surface area contributed by atoms with Gasteiger partial charge in [-0.05, 0) is 36.2 Å². The van der Waals surface area contributed by atoms with Crippen LogP contribution in [0.4, 0.5) is 0 Å². The Kier molecular flexibility index (Phi) is 5.20. The number of nitrogens with zero attached hydrogens (tertiary/aromatic N) is 2. The van der Waals surface area contributed by atoms with E-state index in [4.69, 9.17) is 9.57 Å². The molecule has 0 radical (unpaired) electrons. The first-order chi connectivity index (χ1) is 10.1. The summed E-state index contributed by atoms with van der Waals surface area (Å²) in [6.45, 7) is 5.00. The largest absolute Gasteiger partial charge is 0.497 e. The molecular formula is C16H22N2O3. The summed E-state index contributed by atoms with van der Waals surface area (Å²) >= 11 is 0. The topological polar surface area (TPSA) is 51.1 Å². The standard InChI is InChI=1S/C16H22N2O3/c1-4-9-18(12(2)19)11-15-10-16(17-21-15)13-5-7-14(20-3)8-6-13/h5-8,15H,4,9-11H2,1-3H3. The predicted octanol–water partition coefficient (Wildman–Crippen LogP) is 2.45. The van der Waals surface area contributed by atoms with Crippen LogP contribution in [0.15, 0.2) is 29.4 Å². The van der Waals surface area contributed by atoms with E-state index in [1.165, 1.54) is 0 Å². The van der Waals surface area contributed by atoms with Crippen LogP contribution >= 0.6 is 0 Å². The van der Waals surface area contributed by atoms with Crippen LogP contribution < -0.4 is 4.74 Å². The second-order valence-corrected chi connectivity index (χ2v) is 5.16. The van der Waals surface area contributed by atoms with Crippen LogP contribution in [0.3, 0.4) is 0 Å². The lowest BCUT2D eigenvalue weighted by atomic mass is 10.0. The van der Waals surface area contributed by atoms with Crippen molar-refractivity contribution in [2.75, 3.05) is 20.2 Å². The molecule has 0 fully saturated rings. The number of methoxy groups -OCH3 is 1. The van der Waals surface area contributed by atoms with Gasteiger partial charge in [-0.15, -0.1) is 0 Å². The summed E-state index contributed by atoms with van der Waals surface area (Å²) in [5.41, 5.74) is 1.95. The number of amides is 1. The molecule has 0 spiro atoms. The van der Waals surface area contributed by atoms with Crippen LogP contribution in [-0.2, 0) is 9.63 Å². The molecule has 1 amide bonds. The zero-order valence-corrected chi connectivity index (χ0v) is 12.8. The van der Waals surface area contributed by atoms with Gasteiger partial charge in [0.25, 0.3) is 0 Å². The lowest BCUT2D eigenvalue weighted by molar-refractivity contribution is -0.130. The maximum absolute atomic E-state index is 11.6. The lowest BCUT2D eigenvalue weighted by Gasteiger charge is -2.22.